The lowest BCUT2D eigenvalue weighted by Gasteiger charge is -2.04. The predicted octanol–water partition coefficient (Wildman–Crippen LogP) is 3.85. The van der Waals surface area contributed by atoms with Crippen LogP contribution in [0.25, 0.3) is 0 Å². The van der Waals surface area contributed by atoms with Crippen LogP contribution in [0.4, 0.5) is 4.39 Å². The van der Waals surface area contributed by atoms with Crippen molar-refractivity contribution in [2.45, 2.75) is 20.0 Å². The van der Waals surface area contributed by atoms with E-state index in [0.717, 1.165) is 6.42 Å². The quantitative estimate of drug-likeness (QED) is 0.750. The zero-order valence-electron chi connectivity index (χ0n) is 10.7. The summed E-state index contributed by atoms with van der Waals surface area (Å²) in [4.78, 5) is 13.7. The van der Waals surface area contributed by atoms with Crippen LogP contribution in [0.5, 0.6) is 0 Å². The molecule has 0 amide bonds. The van der Waals surface area contributed by atoms with Gasteiger partial charge in [-0.1, -0.05) is 25.1 Å². The number of carbonyl (C=O) groups excluding carboxylic acids is 1. The number of hydrogen-bond acceptors (Lipinski definition) is 3. The second-order valence-corrected chi connectivity index (χ2v) is 5.30. The fourth-order valence-electron chi connectivity index (χ4n) is 1.66. The van der Waals surface area contributed by atoms with E-state index in [-0.39, 0.29) is 24.8 Å². The number of aryl methyl sites for hydroxylation is 1. The van der Waals surface area contributed by atoms with E-state index in [1.165, 1.54) is 22.3 Å². The van der Waals surface area contributed by atoms with Gasteiger partial charge in [0.1, 0.15) is 12.4 Å². The Bertz CT molecular complexity index is 563. The van der Waals surface area contributed by atoms with Gasteiger partial charge >= 0.3 is 0 Å². The van der Waals surface area contributed by atoms with E-state index in [1.807, 2.05) is 12.1 Å². The van der Waals surface area contributed by atoms with Crippen LogP contribution in [0.2, 0.25) is 0 Å². The van der Waals surface area contributed by atoms with Gasteiger partial charge in [0.05, 0.1) is 11.5 Å². The molecule has 1 aromatic carbocycles. The lowest BCUT2D eigenvalue weighted by Crippen LogP contribution is -2.08. The van der Waals surface area contributed by atoms with Gasteiger partial charge in [-0.25, -0.2) is 4.39 Å². The molecule has 1 heterocycles. The van der Waals surface area contributed by atoms with Crippen LogP contribution in [-0.2, 0) is 17.8 Å². The van der Waals surface area contributed by atoms with E-state index in [1.54, 1.807) is 18.2 Å². The van der Waals surface area contributed by atoms with Crippen LogP contribution in [-0.4, -0.2) is 12.4 Å². The van der Waals surface area contributed by atoms with Gasteiger partial charge in [0.2, 0.25) is 0 Å². The molecule has 0 aliphatic heterocycles. The maximum absolute atomic E-state index is 13.3. The molecule has 0 saturated heterocycles. The summed E-state index contributed by atoms with van der Waals surface area (Å²) in [5.41, 5.74) is 0.468. The molecule has 2 aromatic rings. The number of ketones is 1. The Labute approximate surface area is 115 Å². The van der Waals surface area contributed by atoms with Gasteiger partial charge in [0.15, 0.2) is 5.78 Å². The number of halogens is 1. The number of rotatable bonds is 6. The molecule has 2 rings (SSSR count). The van der Waals surface area contributed by atoms with Crippen molar-refractivity contribution in [3.8, 4) is 0 Å². The number of hydrogen-bond donors (Lipinski definition) is 0. The summed E-state index contributed by atoms with van der Waals surface area (Å²) in [6, 6.07) is 10.2. The van der Waals surface area contributed by atoms with Crippen molar-refractivity contribution in [2.75, 3.05) is 6.61 Å². The minimum absolute atomic E-state index is 0.0159. The molecule has 0 spiro atoms. The maximum atomic E-state index is 13.3. The van der Waals surface area contributed by atoms with Gasteiger partial charge in [0.25, 0.3) is 0 Å². The number of carbonyl (C=O) groups is 1. The molecule has 19 heavy (non-hydrogen) atoms. The van der Waals surface area contributed by atoms with Crippen molar-refractivity contribution in [1.29, 1.82) is 0 Å². The second kappa shape index (κ2) is 6.59. The number of Topliss-reactive ketones (excluding diaryl/α,β-unsaturated/α-hetero) is 1. The Morgan fingerprint density at radius 2 is 2.05 bits per heavy atom. The van der Waals surface area contributed by atoms with E-state index in [9.17, 15) is 9.18 Å². The van der Waals surface area contributed by atoms with Gasteiger partial charge in [0, 0.05) is 10.4 Å². The molecule has 4 heteroatoms. The Kier molecular flexibility index (Phi) is 4.82. The van der Waals surface area contributed by atoms with Crippen LogP contribution in [0.1, 0.15) is 27.0 Å². The van der Waals surface area contributed by atoms with E-state index in [4.69, 9.17) is 4.74 Å². The topological polar surface area (TPSA) is 26.3 Å². The summed E-state index contributed by atoms with van der Waals surface area (Å²) in [5.74, 6) is -0.361. The van der Waals surface area contributed by atoms with Crippen molar-refractivity contribution in [2.24, 2.45) is 0 Å². The third kappa shape index (κ3) is 3.72. The lowest BCUT2D eigenvalue weighted by molar-refractivity contribution is 0.0725. The van der Waals surface area contributed by atoms with E-state index < -0.39 is 0 Å². The molecule has 0 bridgehead atoms. The lowest BCUT2D eigenvalue weighted by atomic mass is 10.2. The molecule has 0 fully saturated rings. The first-order chi connectivity index (χ1) is 9.20. The van der Waals surface area contributed by atoms with E-state index in [2.05, 4.69) is 6.92 Å². The largest absolute Gasteiger partial charge is 0.368 e. The highest BCUT2D eigenvalue weighted by atomic mass is 32.1. The zero-order chi connectivity index (χ0) is 13.7. The van der Waals surface area contributed by atoms with Gasteiger partial charge in [-0.15, -0.1) is 11.3 Å². The molecule has 0 atom stereocenters. The number of ether oxygens (including phenoxy) is 1. The Morgan fingerprint density at radius 1 is 1.26 bits per heavy atom. The molecule has 2 nitrogen and oxygen atoms in total. The van der Waals surface area contributed by atoms with Crippen LogP contribution < -0.4 is 0 Å². The first kappa shape index (κ1) is 13.9. The summed E-state index contributed by atoms with van der Waals surface area (Å²) >= 11 is 1.49. The first-order valence-electron chi connectivity index (χ1n) is 6.13. The van der Waals surface area contributed by atoms with Crippen LogP contribution in [0.3, 0.4) is 0 Å². The second-order valence-electron chi connectivity index (χ2n) is 4.13. The highest BCUT2D eigenvalue weighted by molar-refractivity contribution is 7.14. The fraction of sp³-hybridized carbons (Fsp3) is 0.267. The summed E-state index contributed by atoms with van der Waals surface area (Å²) in [7, 11) is 0. The Morgan fingerprint density at radius 3 is 2.74 bits per heavy atom. The Hall–Kier alpha value is -1.52. The van der Waals surface area contributed by atoms with E-state index >= 15 is 0 Å². The minimum Gasteiger partial charge on any atom is -0.368 e. The van der Waals surface area contributed by atoms with Crippen LogP contribution in [0.15, 0.2) is 36.4 Å². The monoisotopic (exact) mass is 278 g/mol. The van der Waals surface area contributed by atoms with Crippen molar-refractivity contribution in [1.82, 2.24) is 0 Å². The molecular formula is C15H15FO2S. The molecule has 0 aliphatic rings. The van der Waals surface area contributed by atoms with Gasteiger partial charge in [-0.2, -0.15) is 0 Å². The van der Waals surface area contributed by atoms with Crippen molar-refractivity contribution >= 4 is 17.1 Å². The first-order valence-corrected chi connectivity index (χ1v) is 6.95. The SMILES string of the molecule is CCc1ccc(C(=O)COCc2ccccc2F)s1. The molecule has 0 unspecified atom stereocenters. The van der Waals surface area contributed by atoms with Crippen LogP contribution in [0, 0.1) is 5.82 Å². The standard InChI is InChI=1S/C15H15FO2S/c1-2-12-7-8-15(19-12)14(17)10-18-9-11-5-3-4-6-13(11)16/h3-8H,2,9-10H2,1H3. The number of thiophene rings is 1. The molecule has 0 aliphatic carbocycles. The van der Waals surface area contributed by atoms with Gasteiger partial charge < -0.3 is 4.74 Å². The summed E-state index contributed by atoms with van der Waals surface area (Å²) < 4.78 is 18.6. The molecule has 1 aromatic heterocycles. The molecule has 0 radical (unpaired) electrons. The summed E-state index contributed by atoms with van der Waals surface area (Å²) in [6.45, 7) is 2.15. The van der Waals surface area contributed by atoms with Crippen LogP contribution >= 0.6 is 11.3 Å². The fourth-order valence-corrected chi connectivity index (χ4v) is 2.53. The average molecular weight is 278 g/mol. The van der Waals surface area contributed by atoms with Crippen molar-refractivity contribution in [3.63, 3.8) is 0 Å². The summed E-state index contributed by atoms with van der Waals surface area (Å²) in [6.07, 6.45) is 0.925. The van der Waals surface area contributed by atoms with Gasteiger partial charge in [-0.3, -0.25) is 4.79 Å². The minimum atomic E-state index is -0.306. The van der Waals surface area contributed by atoms with E-state index in [0.29, 0.717) is 10.4 Å². The zero-order valence-corrected chi connectivity index (χ0v) is 11.5. The molecule has 0 saturated carbocycles. The highest BCUT2D eigenvalue weighted by Crippen LogP contribution is 2.17. The Balaban J connectivity index is 1.86. The predicted molar refractivity (Wildman–Crippen MR) is 74.1 cm³/mol. The number of benzene rings is 1. The van der Waals surface area contributed by atoms with Gasteiger partial charge in [-0.05, 0) is 24.6 Å². The average Bonchev–Trinajstić information content (AvgIpc) is 2.90. The molecule has 100 valence electrons. The molecule has 0 N–H and O–H groups in total. The van der Waals surface area contributed by atoms with Crippen molar-refractivity contribution in [3.05, 3.63) is 57.5 Å². The maximum Gasteiger partial charge on any atom is 0.198 e. The van der Waals surface area contributed by atoms with Crippen molar-refractivity contribution < 1.29 is 13.9 Å². The smallest absolute Gasteiger partial charge is 0.198 e. The normalized spacial score (nSPS) is 10.6. The summed E-state index contributed by atoms with van der Waals surface area (Å²) in [5, 5.41) is 0. The molecular weight excluding hydrogens is 263 g/mol. The highest BCUT2D eigenvalue weighted by Gasteiger charge is 2.09. The third-order valence-electron chi connectivity index (χ3n) is 2.73. The third-order valence-corrected chi connectivity index (χ3v) is 4.00.